The Balaban J connectivity index is 2.07. The van der Waals surface area contributed by atoms with E-state index in [1.807, 2.05) is 0 Å². The molecule has 1 N–H and O–H groups in total. The van der Waals surface area contributed by atoms with Crippen molar-refractivity contribution in [2.45, 2.75) is 25.7 Å². The molecule has 1 aromatic rings. The highest BCUT2D eigenvalue weighted by Crippen LogP contribution is 2.43. The molecule has 1 saturated heterocycles. The maximum absolute atomic E-state index is 12.8. The van der Waals surface area contributed by atoms with Gasteiger partial charge in [0.15, 0.2) is 0 Å². The summed E-state index contributed by atoms with van der Waals surface area (Å²) in [7, 11) is 0. The van der Waals surface area contributed by atoms with E-state index in [0.717, 1.165) is 21.3 Å². The lowest BCUT2D eigenvalue weighted by molar-refractivity contribution is -0.142. The smallest absolute Gasteiger partial charge is 0.276 e. The first-order chi connectivity index (χ1) is 9.95. The molecular formula is C14H12ClIN2O3. The van der Waals surface area contributed by atoms with Gasteiger partial charge in [0.25, 0.3) is 5.91 Å². The van der Waals surface area contributed by atoms with Crippen LogP contribution in [0.5, 0.6) is 0 Å². The topological polar surface area (TPSA) is 66.5 Å². The summed E-state index contributed by atoms with van der Waals surface area (Å²) in [6.45, 7) is 0. The van der Waals surface area contributed by atoms with Crippen LogP contribution in [-0.4, -0.2) is 17.8 Å². The molecule has 1 aliphatic heterocycles. The molecular weight excluding hydrogens is 407 g/mol. The Labute approximate surface area is 140 Å². The van der Waals surface area contributed by atoms with Crippen molar-refractivity contribution in [1.82, 2.24) is 5.32 Å². The van der Waals surface area contributed by atoms with Crippen LogP contribution in [0.1, 0.15) is 25.7 Å². The van der Waals surface area contributed by atoms with Crippen molar-refractivity contribution in [2.75, 3.05) is 4.90 Å². The number of carbonyl (C=O) groups is 3. The number of rotatable bonds is 1. The number of nitrogens with zero attached hydrogens (tertiary/aromatic N) is 1. The third kappa shape index (κ3) is 2.24. The van der Waals surface area contributed by atoms with E-state index < -0.39 is 23.3 Å². The van der Waals surface area contributed by atoms with E-state index in [9.17, 15) is 14.4 Å². The van der Waals surface area contributed by atoms with Crippen LogP contribution < -0.4 is 10.2 Å². The van der Waals surface area contributed by atoms with Gasteiger partial charge in [-0.1, -0.05) is 24.4 Å². The zero-order valence-electron chi connectivity index (χ0n) is 11.0. The Morgan fingerprint density at radius 3 is 2.48 bits per heavy atom. The molecule has 7 heteroatoms. The number of hydrogen-bond acceptors (Lipinski definition) is 3. The number of halogens is 2. The van der Waals surface area contributed by atoms with Gasteiger partial charge in [-0.2, -0.15) is 0 Å². The van der Waals surface area contributed by atoms with E-state index in [2.05, 4.69) is 27.9 Å². The third-order valence-electron chi connectivity index (χ3n) is 4.08. The van der Waals surface area contributed by atoms with Crippen molar-refractivity contribution < 1.29 is 14.4 Å². The summed E-state index contributed by atoms with van der Waals surface area (Å²) >= 11 is 8.26. The largest absolute Gasteiger partial charge is 0.335 e. The van der Waals surface area contributed by atoms with E-state index in [0.29, 0.717) is 23.6 Å². The number of benzene rings is 1. The van der Waals surface area contributed by atoms with Gasteiger partial charge < -0.3 is 0 Å². The molecule has 0 radical (unpaired) electrons. The van der Waals surface area contributed by atoms with E-state index in [1.165, 1.54) is 0 Å². The van der Waals surface area contributed by atoms with Crippen LogP contribution in [-0.2, 0) is 9.59 Å². The molecule has 1 saturated carbocycles. The summed E-state index contributed by atoms with van der Waals surface area (Å²) in [5, 5.41) is 2.61. The van der Waals surface area contributed by atoms with Crippen molar-refractivity contribution in [3.05, 3.63) is 26.8 Å². The summed E-state index contributed by atoms with van der Waals surface area (Å²) in [6, 6.07) is 4.33. The van der Waals surface area contributed by atoms with Gasteiger partial charge in [0, 0.05) is 3.57 Å². The number of nitrogens with one attached hydrogen (secondary N) is 1. The number of barbiturate groups is 1. The molecule has 21 heavy (non-hydrogen) atoms. The van der Waals surface area contributed by atoms with Gasteiger partial charge >= 0.3 is 6.03 Å². The van der Waals surface area contributed by atoms with Gasteiger partial charge in [-0.3, -0.25) is 14.9 Å². The summed E-state index contributed by atoms with van der Waals surface area (Å²) < 4.78 is 0.901. The van der Waals surface area contributed by atoms with Gasteiger partial charge in [0.05, 0.1) is 10.7 Å². The van der Waals surface area contributed by atoms with Crippen LogP contribution in [0.15, 0.2) is 18.2 Å². The van der Waals surface area contributed by atoms with Gasteiger partial charge in [0.2, 0.25) is 5.91 Å². The fraction of sp³-hybridized carbons (Fsp3) is 0.357. The first-order valence-electron chi connectivity index (χ1n) is 6.61. The van der Waals surface area contributed by atoms with Crippen molar-refractivity contribution in [3.63, 3.8) is 0 Å². The summed E-state index contributed by atoms with van der Waals surface area (Å²) in [5.41, 5.74) is -0.793. The summed E-state index contributed by atoms with van der Waals surface area (Å²) in [5.74, 6) is -0.940. The minimum Gasteiger partial charge on any atom is -0.276 e. The average Bonchev–Trinajstić information content (AvgIpc) is 2.90. The van der Waals surface area contributed by atoms with Crippen molar-refractivity contribution in [2.24, 2.45) is 5.41 Å². The number of carbonyl (C=O) groups excluding carboxylic acids is 3. The average molecular weight is 419 g/mol. The third-order valence-corrected chi connectivity index (χ3v) is 5.05. The molecule has 5 nitrogen and oxygen atoms in total. The van der Waals surface area contributed by atoms with Gasteiger partial charge in [-0.25, -0.2) is 9.69 Å². The van der Waals surface area contributed by atoms with Crippen LogP contribution >= 0.6 is 34.2 Å². The quantitative estimate of drug-likeness (QED) is 0.563. The normalized spacial score (nSPS) is 21.0. The molecule has 4 amide bonds. The number of hydrogen-bond donors (Lipinski definition) is 1. The first kappa shape index (κ1) is 14.8. The molecule has 2 aliphatic rings. The van der Waals surface area contributed by atoms with Crippen LogP contribution in [0.25, 0.3) is 0 Å². The number of urea groups is 1. The lowest BCUT2D eigenvalue weighted by atomic mass is 9.82. The van der Waals surface area contributed by atoms with Gasteiger partial charge in [-0.15, -0.1) is 0 Å². The summed E-state index contributed by atoms with van der Waals surface area (Å²) in [4.78, 5) is 38.0. The zero-order chi connectivity index (χ0) is 15.2. The first-order valence-corrected chi connectivity index (χ1v) is 8.06. The fourth-order valence-electron chi connectivity index (χ4n) is 2.98. The Hall–Kier alpha value is -1.15. The van der Waals surface area contributed by atoms with E-state index in [1.54, 1.807) is 18.2 Å². The number of amides is 4. The monoisotopic (exact) mass is 418 g/mol. The fourth-order valence-corrected chi connectivity index (χ4v) is 3.92. The highest BCUT2D eigenvalue weighted by Gasteiger charge is 2.55. The molecule has 0 unspecified atom stereocenters. The molecule has 0 bridgehead atoms. The molecule has 110 valence electrons. The Morgan fingerprint density at radius 1 is 1.19 bits per heavy atom. The second-order valence-electron chi connectivity index (χ2n) is 5.28. The molecule has 2 fully saturated rings. The highest BCUT2D eigenvalue weighted by molar-refractivity contribution is 14.1. The minimum atomic E-state index is -1.11. The number of anilines is 1. The predicted octanol–water partition coefficient (Wildman–Crippen LogP) is 3.09. The van der Waals surface area contributed by atoms with Crippen LogP contribution in [0.3, 0.4) is 0 Å². The predicted molar refractivity (Wildman–Crippen MR) is 86.1 cm³/mol. The molecule has 1 spiro atoms. The van der Waals surface area contributed by atoms with Crippen molar-refractivity contribution >= 4 is 57.7 Å². The summed E-state index contributed by atoms with van der Waals surface area (Å²) in [6.07, 6.45) is 2.57. The van der Waals surface area contributed by atoms with E-state index in [-0.39, 0.29) is 0 Å². The van der Waals surface area contributed by atoms with Crippen LogP contribution in [0.4, 0.5) is 10.5 Å². The van der Waals surface area contributed by atoms with E-state index >= 15 is 0 Å². The minimum absolute atomic E-state index is 0.313. The standard InChI is InChI=1S/C14H12ClIN2O3/c15-9-7-8(16)3-4-10(9)18-12(20)14(5-1-2-6-14)11(19)17-13(18)21/h3-4,7H,1-2,5-6H2,(H,17,19,21). The molecule has 3 rings (SSSR count). The van der Waals surface area contributed by atoms with Crippen LogP contribution in [0, 0.1) is 8.99 Å². The second kappa shape index (κ2) is 5.24. The van der Waals surface area contributed by atoms with E-state index in [4.69, 9.17) is 11.6 Å². The van der Waals surface area contributed by atoms with Gasteiger partial charge in [-0.05, 0) is 53.6 Å². The lowest BCUT2D eigenvalue weighted by Gasteiger charge is -2.37. The Morgan fingerprint density at radius 2 is 1.86 bits per heavy atom. The van der Waals surface area contributed by atoms with Gasteiger partial charge in [0.1, 0.15) is 5.41 Å². The van der Waals surface area contributed by atoms with Crippen LogP contribution in [0.2, 0.25) is 5.02 Å². The molecule has 1 heterocycles. The lowest BCUT2D eigenvalue weighted by Crippen LogP contribution is -2.63. The molecule has 0 aromatic heterocycles. The Kier molecular flexibility index (Phi) is 3.69. The molecule has 1 aromatic carbocycles. The SMILES string of the molecule is O=C1NC(=O)C2(CCCC2)C(=O)N1c1ccc(I)cc1Cl. The molecule has 0 atom stereocenters. The molecule has 1 aliphatic carbocycles. The Bertz CT molecular complexity index is 656. The maximum Gasteiger partial charge on any atom is 0.335 e. The highest BCUT2D eigenvalue weighted by atomic mass is 127. The van der Waals surface area contributed by atoms with Crippen molar-refractivity contribution in [3.8, 4) is 0 Å². The van der Waals surface area contributed by atoms with Crippen molar-refractivity contribution in [1.29, 1.82) is 0 Å². The zero-order valence-corrected chi connectivity index (χ0v) is 13.9. The second-order valence-corrected chi connectivity index (χ2v) is 6.94. The number of imide groups is 2. The maximum atomic E-state index is 12.8.